The fourth-order valence-electron chi connectivity index (χ4n) is 2.21. The normalized spacial score (nSPS) is 12.0. The molecule has 0 heterocycles. The zero-order chi connectivity index (χ0) is 15.9. The van der Waals surface area contributed by atoms with Crippen molar-refractivity contribution in [3.8, 4) is 11.1 Å². The Balaban J connectivity index is 1.98. The van der Waals surface area contributed by atoms with Crippen LogP contribution in [0.5, 0.6) is 0 Å². The van der Waals surface area contributed by atoms with E-state index >= 15 is 0 Å². The first-order valence-electron chi connectivity index (χ1n) is 7.30. The van der Waals surface area contributed by atoms with Crippen molar-refractivity contribution in [1.29, 1.82) is 0 Å². The van der Waals surface area contributed by atoms with Crippen LogP contribution in [-0.2, 0) is 16.0 Å². The van der Waals surface area contributed by atoms with Gasteiger partial charge in [-0.15, -0.1) is 0 Å². The van der Waals surface area contributed by atoms with Crippen molar-refractivity contribution in [2.75, 3.05) is 6.61 Å². The molecule has 4 heteroatoms. The van der Waals surface area contributed by atoms with E-state index in [0.29, 0.717) is 17.9 Å². The minimum Gasteiger partial charge on any atom is -0.464 e. The number of carbonyl (C=O) groups excluding carboxylic acids is 1. The maximum atomic E-state index is 11.4. The topological polar surface area (TPSA) is 46.5 Å². The molecular formula is C18H19ClO3. The van der Waals surface area contributed by atoms with E-state index in [2.05, 4.69) is 0 Å². The van der Waals surface area contributed by atoms with Crippen LogP contribution in [0.25, 0.3) is 11.1 Å². The van der Waals surface area contributed by atoms with Crippen LogP contribution in [0.4, 0.5) is 0 Å². The Kier molecular flexibility index (Phi) is 5.99. The van der Waals surface area contributed by atoms with Gasteiger partial charge in [-0.3, -0.25) is 0 Å². The van der Waals surface area contributed by atoms with E-state index in [1.54, 1.807) is 6.92 Å². The molecule has 0 saturated carbocycles. The Bertz CT molecular complexity index is 622. The molecule has 0 aliphatic carbocycles. The summed E-state index contributed by atoms with van der Waals surface area (Å²) < 4.78 is 4.78. The van der Waals surface area contributed by atoms with E-state index in [1.807, 2.05) is 48.5 Å². The molecule has 0 aliphatic rings. The summed E-state index contributed by atoms with van der Waals surface area (Å²) in [7, 11) is 0. The van der Waals surface area contributed by atoms with Crippen LogP contribution in [0.2, 0.25) is 5.02 Å². The van der Waals surface area contributed by atoms with Crippen molar-refractivity contribution in [1.82, 2.24) is 0 Å². The number of aryl methyl sites for hydroxylation is 1. The van der Waals surface area contributed by atoms with E-state index in [0.717, 1.165) is 16.7 Å². The number of carbonyl (C=O) groups is 1. The first-order chi connectivity index (χ1) is 10.6. The number of aliphatic hydroxyl groups excluding tert-OH is 1. The van der Waals surface area contributed by atoms with Crippen LogP contribution in [0.3, 0.4) is 0 Å². The van der Waals surface area contributed by atoms with Gasteiger partial charge in [-0.05, 0) is 37.0 Å². The SMILES string of the molecule is CCOC(=O)C(O)CCc1ccc(-c2ccccc2Cl)cc1. The Morgan fingerprint density at radius 1 is 1.18 bits per heavy atom. The second-order valence-corrected chi connectivity index (χ2v) is 5.39. The number of benzene rings is 2. The number of aliphatic hydroxyl groups is 1. The van der Waals surface area contributed by atoms with Crippen molar-refractivity contribution >= 4 is 17.6 Å². The minimum absolute atomic E-state index is 0.280. The number of esters is 1. The predicted molar refractivity (Wildman–Crippen MR) is 87.8 cm³/mol. The van der Waals surface area contributed by atoms with Gasteiger partial charge in [0.25, 0.3) is 0 Å². The number of rotatable bonds is 6. The molecule has 22 heavy (non-hydrogen) atoms. The number of ether oxygens (including phenoxy) is 1. The highest BCUT2D eigenvalue weighted by molar-refractivity contribution is 6.33. The van der Waals surface area contributed by atoms with Crippen LogP contribution in [0.15, 0.2) is 48.5 Å². The summed E-state index contributed by atoms with van der Waals surface area (Å²) in [4.78, 5) is 11.4. The van der Waals surface area contributed by atoms with Gasteiger partial charge in [-0.2, -0.15) is 0 Å². The zero-order valence-corrected chi connectivity index (χ0v) is 13.2. The summed E-state index contributed by atoms with van der Waals surface area (Å²) in [5.41, 5.74) is 3.08. The largest absolute Gasteiger partial charge is 0.464 e. The molecule has 2 rings (SSSR count). The Morgan fingerprint density at radius 2 is 1.86 bits per heavy atom. The van der Waals surface area contributed by atoms with Crippen LogP contribution in [0, 0.1) is 0 Å². The molecule has 1 N–H and O–H groups in total. The molecular weight excluding hydrogens is 300 g/mol. The Hall–Kier alpha value is -1.84. The lowest BCUT2D eigenvalue weighted by Crippen LogP contribution is -2.23. The molecule has 0 fully saturated rings. The summed E-state index contributed by atoms with van der Waals surface area (Å²) in [6.45, 7) is 2.00. The van der Waals surface area contributed by atoms with Gasteiger partial charge in [-0.25, -0.2) is 4.79 Å². The molecule has 116 valence electrons. The summed E-state index contributed by atoms with van der Waals surface area (Å²) in [6.07, 6.45) is -0.101. The van der Waals surface area contributed by atoms with Gasteiger partial charge in [0.1, 0.15) is 0 Å². The second-order valence-electron chi connectivity index (χ2n) is 4.98. The number of hydrogen-bond acceptors (Lipinski definition) is 3. The predicted octanol–water partition coefficient (Wildman–Crippen LogP) is 3.86. The third kappa shape index (κ3) is 4.33. The van der Waals surface area contributed by atoms with Crippen molar-refractivity contribution < 1.29 is 14.6 Å². The third-order valence-electron chi connectivity index (χ3n) is 3.40. The van der Waals surface area contributed by atoms with Crippen LogP contribution in [-0.4, -0.2) is 23.8 Å². The summed E-state index contributed by atoms with van der Waals surface area (Å²) >= 11 is 6.18. The monoisotopic (exact) mass is 318 g/mol. The average molecular weight is 319 g/mol. The fraction of sp³-hybridized carbons (Fsp3) is 0.278. The molecule has 0 spiro atoms. The minimum atomic E-state index is -1.07. The van der Waals surface area contributed by atoms with Crippen molar-refractivity contribution in [3.63, 3.8) is 0 Å². The molecule has 3 nitrogen and oxygen atoms in total. The van der Waals surface area contributed by atoms with Crippen molar-refractivity contribution in [3.05, 3.63) is 59.1 Å². The van der Waals surface area contributed by atoms with Crippen molar-refractivity contribution in [2.24, 2.45) is 0 Å². The average Bonchev–Trinajstić information content (AvgIpc) is 2.54. The molecule has 2 aromatic carbocycles. The molecule has 0 amide bonds. The van der Waals surface area contributed by atoms with Gasteiger partial charge in [0.2, 0.25) is 0 Å². The molecule has 0 aliphatic heterocycles. The summed E-state index contributed by atoms with van der Waals surface area (Å²) in [5.74, 6) is -0.560. The van der Waals surface area contributed by atoms with Gasteiger partial charge < -0.3 is 9.84 Å². The maximum absolute atomic E-state index is 11.4. The molecule has 1 unspecified atom stereocenters. The van der Waals surface area contributed by atoms with Crippen LogP contribution in [0.1, 0.15) is 18.9 Å². The lowest BCUT2D eigenvalue weighted by atomic mass is 10.0. The molecule has 2 aromatic rings. The van der Waals surface area contributed by atoms with Gasteiger partial charge in [-0.1, -0.05) is 54.1 Å². The first kappa shape index (κ1) is 16.5. The lowest BCUT2D eigenvalue weighted by molar-refractivity contribution is -0.153. The Labute approximate surface area is 135 Å². The highest BCUT2D eigenvalue weighted by Gasteiger charge is 2.15. The molecule has 1 atom stereocenters. The maximum Gasteiger partial charge on any atom is 0.334 e. The van der Waals surface area contributed by atoms with Crippen molar-refractivity contribution in [2.45, 2.75) is 25.9 Å². The smallest absolute Gasteiger partial charge is 0.334 e. The second kappa shape index (κ2) is 7.97. The zero-order valence-electron chi connectivity index (χ0n) is 12.5. The lowest BCUT2D eigenvalue weighted by Gasteiger charge is -2.10. The van der Waals surface area contributed by atoms with E-state index in [-0.39, 0.29) is 6.61 Å². The third-order valence-corrected chi connectivity index (χ3v) is 3.73. The molecule has 0 aromatic heterocycles. The van der Waals surface area contributed by atoms with E-state index in [9.17, 15) is 9.90 Å². The van der Waals surface area contributed by atoms with Gasteiger partial charge >= 0.3 is 5.97 Å². The molecule has 0 saturated heterocycles. The highest BCUT2D eigenvalue weighted by atomic mass is 35.5. The van der Waals surface area contributed by atoms with E-state index in [1.165, 1.54) is 0 Å². The highest BCUT2D eigenvalue weighted by Crippen LogP contribution is 2.27. The summed E-state index contributed by atoms with van der Waals surface area (Å²) in [5, 5.41) is 10.4. The van der Waals surface area contributed by atoms with E-state index < -0.39 is 12.1 Å². The number of halogens is 1. The van der Waals surface area contributed by atoms with E-state index in [4.69, 9.17) is 16.3 Å². The number of hydrogen-bond donors (Lipinski definition) is 1. The van der Waals surface area contributed by atoms with Crippen LogP contribution < -0.4 is 0 Å². The van der Waals surface area contributed by atoms with Gasteiger partial charge in [0.15, 0.2) is 6.10 Å². The molecule has 0 radical (unpaired) electrons. The van der Waals surface area contributed by atoms with Crippen LogP contribution >= 0.6 is 11.6 Å². The quantitative estimate of drug-likeness (QED) is 0.823. The first-order valence-corrected chi connectivity index (χ1v) is 7.68. The standard InChI is InChI=1S/C18H19ClO3/c1-2-22-18(21)17(20)12-9-13-7-10-14(11-8-13)15-5-3-4-6-16(15)19/h3-8,10-11,17,20H,2,9,12H2,1H3. The Morgan fingerprint density at radius 3 is 2.50 bits per heavy atom. The molecule has 0 bridgehead atoms. The fourth-order valence-corrected chi connectivity index (χ4v) is 2.45. The van der Waals surface area contributed by atoms with Gasteiger partial charge in [0, 0.05) is 10.6 Å². The van der Waals surface area contributed by atoms with Gasteiger partial charge in [0.05, 0.1) is 6.61 Å². The summed E-state index contributed by atoms with van der Waals surface area (Å²) in [6, 6.07) is 15.6.